The van der Waals surface area contributed by atoms with Crippen molar-refractivity contribution in [1.29, 1.82) is 0 Å². The smallest absolute Gasteiger partial charge is 0.280 e. The zero-order valence-electron chi connectivity index (χ0n) is 12.8. The predicted octanol–water partition coefficient (Wildman–Crippen LogP) is 3.15. The molecule has 0 saturated carbocycles. The number of hydrogen-bond donors (Lipinski definition) is 1. The third-order valence-corrected chi connectivity index (χ3v) is 3.34. The lowest BCUT2D eigenvalue weighted by Crippen LogP contribution is -2.09. The van der Waals surface area contributed by atoms with Gasteiger partial charge < -0.3 is 14.8 Å². The number of rotatable bonds is 3. The Morgan fingerprint density at radius 3 is 2.36 bits per heavy atom. The lowest BCUT2D eigenvalue weighted by Gasteiger charge is -2.11. The average molecular weight is 298 g/mol. The number of hydrogen-bond acceptors (Lipinski definition) is 6. The summed E-state index contributed by atoms with van der Waals surface area (Å²) < 4.78 is 10.6. The molecule has 0 amide bonds. The highest BCUT2D eigenvalue weighted by atomic mass is 16.5. The molecule has 0 aliphatic heterocycles. The number of benzene rings is 1. The van der Waals surface area contributed by atoms with E-state index in [2.05, 4.69) is 36.1 Å². The fourth-order valence-electron chi connectivity index (χ4n) is 1.96. The Morgan fingerprint density at radius 1 is 1.05 bits per heavy atom. The van der Waals surface area contributed by atoms with Gasteiger partial charge in [0.1, 0.15) is 5.76 Å². The molecule has 6 heteroatoms. The molecule has 2 N–H and O–H groups in total. The number of aromatic nitrogens is 3. The van der Waals surface area contributed by atoms with Crippen LogP contribution in [0.5, 0.6) is 0 Å². The van der Waals surface area contributed by atoms with Crippen LogP contribution in [-0.4, -0.2) is 15.3 Å². The lowest BCUT2D eigenvalue weighted by atomic mass is 9.93. The van der Waals surface area contributed by atoms with Crippen LogP contribution >= 0.6 is 0 Å². The molecule has 3 rings (SSSR count). The first-order chi connectivity index (χ1) is 10.5. The first-order valence-electron chi connectivity index (χ1n) is 7.08. The molecule has 1 aromatic carbocycles. The maximum Gasteiger partial charge on any atom is 0.280 e. The summed E-state index contributed by atoms with van der Waals surface area (Å²) in [5.74, 6) is 1.63. The molecule has 2 heterocycles. The second kappa shape index (κ2) is 5.38. The van der Waals surface area contributed by atoms with Gasteiger partial charge in [0.15, 0.2) is 5.69 Å². The molecule has 0 unspecified atom stereocenters. The molecular weight excluding hydrogens is 280 g/mol. The van der Waals surface area contributed by atoms with Gasteiger partial charge in [-0.05, 0) is 5.56 Å². The van der Waals surface area contributed by atoms with Crippen LogP contribution in [-0.2, 0) is 12.0 Å². The van der Waals surface area contributed by atoms with E-state index in [9.17, 15) is 0 Å². The van der Waals surface area contributed by atoms with Crippen molar-refractivity contribution < 1.29 is 9.05 Å². The molecule has 3 aromatic rings. The normalized spacial score (nSPS) is 11.8. The summed E-state index contributed by atoms with van der Waals surface area (Å²) in [6.07, 6.45) is 0. The summed E-state index contributed by atoms with van der Waals surface area (Å²) in [6.45, 7) is 6.66. The molecule has 0 radical (unpaired) electrons. The first kappa shape index (κ1) is 14.5. The summed E-state index contributed by atoms with van der Waals surface area (Å²) in [4.78, 5) is 4.37. The van der Waals surface area contributed by atoms with Crippen molar-refractivity contribution >= 4 is 0 Å². The van der Waals surface area contributed by atoms with Crippen molar-refractivity contribution in [3.05, 3.63) is 41.7 Å². The van der Waals surface area contributed by atoms with Gasteiger partial charge in [-0.15, -0.1) is 0 Å². The highest BCUT2D eigenvalue weighted by molar-refractivity contribution is 5.58. The fraction of sp³-hybridized carbons (Fsp3) is 0.312. The minimum Gasteiger partial charge on any atom is -0.360 e. The van der Waals surface area contributed by atoms with Gasteiger partial charge in [-0.3, -0.25) is 0 Å². The van der Waals surface area contributed by atoms with Crippen LogP contribution in [0.1, 0.15) is 32.1 Å². The summed E-state index contributed by atoms with van der Waals surface area (Å²) in [5, 5.41) is 7.99. The van der Waals surface area contributed by atoms with Gasteiger partial charge in [0.05, 0.1) is 0 Å². The van der Waals surface area contributed by atoms with Crippen molar-refractivity contribution in [3.63, 3.8) is 0 Å². The van der Waals surface area contributed by atoms with E-state index in [1.807, 2.05) is 30.3 Å². The van der Waals surface area contributed by atoms with Gasteiger partial charge >= 0.3 is 0 Å². The standard InChI is InChI=1S/C16H18N4O2/c1-16(2,3)13-8-12(19-21-13)15-18-14(20-22-15)11-6-4-10(9-17)5-7-11/h4-8H,9,17H2,1-3H3. The molecule has 6 nitrogen and oxygen atoms in total. The molecule has 0 saturated heterocycles. The van der Waals surface area contributed by atoms with E-state index in [-0.39, 0.29) is 5.41 Å². The molecule has 2 aromatic heterocycles. The highest BCUT2D eigenvalue weighted by Gasteiger charge is 2.22. The average Bonchev–Trinajstić information content (AvgIpc) is 3.15. The van der Waals surface area contributed by atoms with Crippen LogP contribution < -0.4 is 5.73 Å². The monoisotopic (exact) mass is 298 g/mol. The van der Waals surface area contributed by atoms with Gasteiger partial charge in [0.25, 0.3) is 5.89 Å². The van der Waals surface area contributed by atoms with Gasteiger partial charge in [-0.1, -0.05) is 55.4 Å². The van der Waals surface area contributed by atoms with E-state index in [0.29, 0.717) is 24.0 Å². The predicted molar refractivity (Wildman–Crippen MR) is 81.8 cm³/mol. The van der Waals surface area contributed by atoms with Gasteiger partial charge in [0, 0.05) is 23.6 Å². The maximum atomic E-state index is 5.59. The van der Waals surface area contributed by atoms with Crippen molar-refractivity contribution in [1.82, 2.24) is 15.3 Å². The SMILES string of the molecule is CC(C)(C)c1cc(-c2nc(-c3ccc(CN)cc3)no2)no1. The lowest BCUT2D eigenvalue weighted by molar-refractivity contribution is 0.328. The largest absolute Gasteiger partial charge is 0.360 e. The highest BCUT2D eigenvalue weighted by Crippen LogP contribution is 2.27. The zero-order chi connectivity index (χ0) is 15.7. The third kappa shape index (κ3) is 2.78. The van der Waals surface area contributed by atoms with Crippen molar-refractivity contribution in [2.75, 3.05) is 0 Å². The van der Waals surface area contributed by atoms with Crippen LogP contribution in [0, 0.1) is 0 Å². The Kier molecular flexibility index (Phi) is 3.54. The van der Waals surface area contributed by atoms with E-state index < -0.39 is 0 Å². The molecule has 22 heavy (non-hydrogen) atoms. The molecule has 0 atom stereocenters. The number of nitrogens with zero attached hydrogens (tertiary/aromatic N) is 3. The molecule has 0 aliphatic carbocycles. The molecule has 0 fully saturated rings. The quantitative estimate of drug-likeness (QED) is 0.798. The molecule has 0 aliphatic rings. The second-order valence-corrected chi connectivity index (χ2v) is 6.15. The zero-order valence-corrected chi connectivity index (χ0v) is 12.8. The summed E-state index contributed by atoms with van der Waals surface area (Å²) in [5.41, 5.74) is 7.93. The van der Waals surface area contributed by atoms with E-state index in [0.717, 1.165) is 16.9 Å². The van der Waals surface area contributed by atoms with Crippen molar-refractivity contribution in [2.24, 2.45) is 5.73 Å². The molecular formula is C16H18N4O2. The Hall–Kier alpha value is -2.47. The van der Waals surface area contributed by atoms with Crippen LogP contribution in [0.4, 0.5) is 0 Å². The van der Waals surface area contributed by atoms with Crippen LogP contribution in [0.3, 0.4) is 0 Å². The van der Waals surface area contributed by atoms with Gasteiger partial charge in [-0.25, -0.2) is 0 Å². The Balaban J connectivity index is 1.88. The van der Waals surface area contributed by atoms with E-state index in [4.69, 9.17) is 14.8 Å². The Bertz CT molecular complexity index is 766. The summed E-state index contributed by atoms with van der Waals surface area (Å²) in [6, 6.07) is 9.55. The first-order valence-corrected chi connectivity index (χ1v) is 7.08. The topological polar surface area (TPSA) is 91.0 Å². The van der Waals surface area contributed by atoms with Crippen LogP contribution in [0.15, 0.2) is 39.4 Å². The van der Waals surface area contributed by atoms with Crippen molar-refractivity contribution in [3.8, 4) is 23.0 Å². The van der Waals surface area contributed by atoms with E-state index >= 15 is 0 Å². The second-order valence-electron chi connectivity index (χ2n) is 6.15. The molecule has 0 spiro atoms. The molecule has 114 valence electrons. The minimum absolute atomic E-state index is 0.119. The maximum absolute atomic E-state index is 5.59. The Labute approximate surface area is 128 Å². The van der Waals surface area contributed by atoms with E-state index in [1.165, 1.54) is 0 Å². The van der Waals surface area contributed by atoms with Gasteiger partial charge in [0.2, 0.25) is 5.82 Å². The Morgan fingerprint density at radius 2 is 1.77 bits per heavy atom. The minimum atomic E-state index is -0.119. The molecule has 0 bridgehead atoms. The van der Waals surface area contributed by atoms with Crippen LogP contribution in [0.2, 0.25) is 0 Å². The summed E-state index contributed by atoms with van der Waals surface area (Å²) >= 11 is 0. The number of nitrogens with two attached hydrogens (primary N) is 1. The fourth-order valence-corrected chi connectivity index (χ4v) is 1.96. The van der Waals surface area contributed by atoms with E-state index in [1.54, 1.807) is 0 Å². The van der Waals surface area contributed by atoms with Gasteiger partial charge in [-0.2, -0.15) is 4.98 Å². The summed E-state index contributed by atoms with van der Waals surface area (Å²) in [7, 11) is 0. The van der Waals surface area contributed by atoms with Crippen molar-refractivity contribution in [2.45, 2.75) is 32.7 Å². The van der Waals surface area contributed by atoms with Crippen LogP contribution in [0.25, 0.3) is 23.0 Å². The third-order valence-electron chi connectivity index (χ3n) is 3.34.